The van der Waals surface area contributed by atoms with Crippen molar-refractivity contribution in [2.75, 3.05) is 10.6 Å². The standard InChI is InChI=1S/C19H20N2O3S/c1-11-9-15(12(2)25-11)17(22)6-8-18(23)20-14-5-3-13-4-7-19(24)21-16(13)10-14/h3,5,9-10H,4,6-8H2,1-2H3,(H,20,23)(H,21,24). The van der Waals surface area contributed by atoms with E-state index in [1.54, 1.807) is 17.4 Å². The lowest BCUT2D eigenvalue weighted by atomic mass is 10.0. The summed E-state index contributed by atoms with van der Waals surface area (Å²) in [5, 5.41) is 5.60. The summed E-state index contributed by atoms with van der Waals surface area (Å²) in [6.45, 7) is 3.89. The number of hydrogen-bond acceptors (Lipinski definition) is 4. The zero-order valence-corrected chi connectivity index (χ0v) is 15.1. The Morgan fingerprint density at radius 3 is 2.68 bits per heavy atom. The van der Waals surface area contributed by atoms with Crippen molar-refractivity contribution < 1.29 is 14.4 Å². The summed E-state index contributed by atoms with van der Waals surface area (Å²) >= 11 is 1.59. The van der Waals surface area contributed by atoms with Crippen LogP contribution in [0.4, 0.5) is 11.4 Å². The zero-order valence-electron chi connectivity index (χ0n) is 14.3. The lowest BCUT2D eigenvalue weighted by molar-refractivity contribution is -0.117. The lowest BCUT2D eigenvalue weighted by Gasteiger charge is -2.17. The van der Waals surface area contributed by atoms with Crippen molar-refractivity contribution >= 4 is 40.3 Å². The number of Topliss-reactive ketones (excluding diaryl/α,β-unsaturated/α-hetero) is 1. The van der Waals surface area contributed by atoms with Gasteiger partial charge in [-0.15, -0.1) is 11.3 Å². The van der Waals surface area contributed by atoms with E-state index in [4.69, 9.17) is 0 Å². The van der Waals surface area contributed by atoms with E-state index in [9.17, 15) is 14.4 Å². The van der Waals surface area contributed by atoms with Gasteiger partial charge in [-0.25, -0.2) is 0 Å². The van der Waals surface area contributed by atoms with Gasteiger partial charge in [0.25, 0.3) is 0 Å². The smallest absolute Gasteiger partial charge is 0.224 e. The molecule has 1 aliphatic rings. The molecule has 6 heteroatoms. The minimum Gasteiger partial charge on any atom is -0.326 e. The molecule has 2 N–H and O–H groups in total. The van der Waals surface area contributed by atoms with Gasteiger partial charge < -0.3 is 10.6 Å². The fraction of sp³-hybridized carbons (Fsp3) is 0.316. The van der Waals surface area contributed by atoms with E-state index in [0.717, 1.165) is 21.0 Å². The Balaban J connectivity index is 1.58. The second-order valence-corrected chi connectivity index (χ2v) is 7.68. The number of carbonyl (C=O) groups is 3. The van der Waals surface area contributed by atoms with Gasteiger partial charge in [-0.1, -0.05) is 6.07 Å². The number of anilines is 2. The summed E-state index contributed by atoms with van der Waals surface area (Å²) in [6, 6.07) is 7.38. The summed E-state index contributed by atoms with van der Waals surface area (Å²) in [6.07, 6.45) is 1.52. The molecule has 0 atom stereocenters. The van der Waals surface area contributed by atoms with Gasteiger partial charge in [0, 0.05) is 46.0 Å². The van der Waals surface area contributed by atoms with Crippen molar-refractivity contribution in [3.05, 3.63) is 45.1 Å². The van der Waals surface area contributed by atoms with E-state index in [1.165, 1.54) is 0 Å². The molecular formula is C19H20N2O3S. The SMILES string of the molecule is Cc1cc(C(=O)CCC(=O)Nc2ccc3c(c2)NC(=O)CC3)c(C)s1. The molecule has 1 aliphatic heterocycles. The molecule has 25 heavy (non-hydrogen) atoms. The van der Waals surface area contributed by atoms with Crippen LogP contribution in [0.15, 0.2) is 24.3 Å². The topological polar surface area (TPSA) is 75.3 Å². The molecule has 5 nitrogen and oxygen atoms in total. The Hall–Kier alpha value is -2.47. The first-order chi connectivity index (χ1) is 11.9. The van der Waals surface area contributed by atoms with Gasteiger partial charge in [0.2, 0.25) is 11.8 Å². The van der Waals surface area contributed by atoms with Crippen LogP contribution in [0.5, 0.6) is 0 Å². The number of thiophene rings is 1. The number of ketones is 1. The van der Waals surface area contributed by atoms with Crippen molar-refractivity contribution in [3.8, 4) is 0 Å². The van der Waals surface area contributed by atoms with Crippen molar-refractivity contribution in [3.63, 3.8) is 0 Å². The zero-order chi connectivity index (χ0) is 18.0. The quantitative estimate of drug-likeness (QED) is 0.799. The molecule has 0 saturated carbocycles. The third kappa shape index (κ3) is 4.14. The highest BCUT2D eigenvalue weighted by Gasteiger charge is 2.16. The average molecular weight is 356 g/mol. The van der Waals surface area contributed by atoms with Gasteiger partial charge in [0.05, 0.1) is 0 Å². The Morgan fingerprint density at radius 1 is 1.16 bits per heavy atom. The van der Waals surface area contributed by atoms with Gasteiger partial charge in [-0.3, -0.25) is 14.4 Å². The Labute approximate surface area is 150 Å². The predicted molar refractivity (Wildman–Crippen MR) is 99.4 cm³/mol. The second kappa shape index (κ2) is 7.19. The van der Waals surface area contributed by atoms with Crippen LogP contribution in [0, 0.1) is 13.8 Å². The molecule has 2 aromatic rings. The van der Waals surface area contributed by atoms with Crippen LogP contribution in [0.2, 0.25) is 0 Å². The monoisotopic (exact) mass is 356 g/mol. The van der Waals surface area contributed by atoms with E-state index < -0.39 is 0 Å². The van der Waals surface area contributed by atoms with Crippen molar-refractivity contribution in [2.24, 2.45) is 0 Å². The molecule has 3 rings (SSSR count). The van der Waals surface area contributed by atoms with Gasteiger partial charge >= 0.3 is 0 Å². The molecule has 1 aromatic carbocycles. The Bertz CT molecular complexity index is 854. The summed E-state index contributed by atoms with van der Waals surface area (Å²) in [5.74, 6) is -0.224. The normalized spacial score (nSPS) is 13.1. The molecule has 0 unspecified atom stereocenters. The van der Waals surface area contributed by atoms with Crippen LogP contribution in [0.25, 0.3) is 0 Å². The molecule has 0 fully saturated rings. The minimum atomic E-state index is -0.208. The van der Waals surface area contributed by atoms with Crippen LogP contribution in [0.1, 0.15) is 44.9 Å². The minimum absolute atomic E-state index is 0.00490. The number of carbonyl (C=O) groups excluding carboxylic acids is 3. The van der Waals surface area contributed by atoms with Gasteiger partial charge in [-0.05, 0) is 44.0 Å². The van der Waals surface area contributed by atoms with E-state index in [0.29, 0.717) is 24.1 Å². The van der Waals surface area contributed by atoms with Gasteiger partial charge in [0.15, 0.2) is 5.78 Å². The first kappa shape index (κ1) is 17.4. The number of benzene rings is 1. The van der Waals surface area contributed by atoms with Gasteiger partial charge in [-0.2, -0.15) is 0 Å². The van der Waals surface area contributed by atoms with Crippen LogP contribution in [-0.2, 0) is 16.0 Å². The lowest BCUT2D eigenvalue weighted by Crippen LogP contribution is -2.19. The molecule has 2 heterocycles. The highest BCUT2D eigenvalue weighted by Crippen LogP contribution is 2.26. The Morgan fingerprint density at radius 2 is 1.96 bits per heavy atom. The first-order valence-corrected chi connectivity index (χ1v) is 9.07. The number of aryl methyl sites for hydroxylation is 3. The second-order valence-electron chi connectivity index (χ2n) is 6.22. The van der Waals surface area contributed by atoms with E-state index in [1.807, 2.05) is 32.0 Å². The van der Waals surface area contributed by atoms with Crippen LogP contribution >= 0.6 is 11.3 Å². The largest absolute Gasteiger partial charge is 0.326 e. The molecular weight excluding hydrogens is 336 g/mol. The van der Waals surface area contributed by atoms with Gasteiger partial charge in [0.1, 0.15) is 0 Å². The number of nitrogens with one attached hydrogen (secondary N) is 2. The summed E-state index contributed by atoms with van der Waals surface area (Å²) < 4.78 is 0. The molecule has 0 bridgehead atoms. The van der Waals surface area contributed by atoms with Crippen LogP contribution in [-0.4, -0.2) is 17.6 Å². The molecule has 0 aliphatic carbocycles. The third-order valence-electron chi connectivity index (χ3n) is 4.21. The molecule has 0 saturated heterocycles. The van der Waals surface area contributed by atoms with E-state index in [2.05, 4.69) is 10.6 Å². The number of rotatable bonds is 5. The molecule has 1 aromatic heterocycles. The average Bonchev–Trinajstić information content (AvgIpc) is 2.90. The first-order valence-electron chi connectivity index (χ1n) is 8.25. The fourth-order valence-corrected chi connectivity index (χ4v) is 3.88. The Kier molecular flexibility index (Phi) is 4.99. The maximum absolute atomic E-state index is 12.2. The summed E-state index contributed by atoms with van der Waals surface area (Å²) in [7, 11) is 0. The van der Waals surface area contributed by atoms with E-state index >= 15 is 0 Å². The maximum Gasteiger partial charge on any atom is 0.224 e. The maximum atomic E-state index is 12.2. The predicted octanol–water partition coefficient (Wildman–Crippen LogP) is 3.85. The number of fused-ring (bicyclic) bond motifs is 1. The fourth-order valence-electron chi connectivity index (χ4n) is 2.94. The molecule has 0 radical (unpaired) electrons. The van der Waals surface area contributed by atoms with Crippen LogP contribution in [0.3, 0.4) is 0 Å². The number of hydrogen-bond donors (Lipinski definition) is 2. The molecule has 2 amide bonds. The van der Waals surface area contributed by atoms with Crippen molar-refractivity contribution in [1.82, 2.24) is 0 Å². The number of amides is 2. The molecule has 130 valence electrons. The highest BCUT2D eigenvalue weighted by molar-refractivity contribution is 7.12. The molecule has 0 spiro atoms. The summed E-state index contributed by atoms with van der Waals surface area (Å²) in [4.78, 5) is 37.9. The van der Waals surface area contributed by atoms with Crippen molar-refractivity contribution in [2.45, 2.75) is 39.5 Å². The van der Waals surface area contributed by atoms with E-state index in [-0.39, 0.29) is 30.4 Å². The third-order valence-corrected chi connectivity index (χ3v) is 5.18. The van der Waals surface area contributed by atoms with Crippen molar-refractivity contribution in [1.29, 1.82) is 0 Å². The highest BCUT2D eigenvalue weighted by atomic mass is 32.1. The van der Waals surface area contributed by atoms with Crippen LogP contribution < -0.4 is 10.6 Å². The summed E-state index contributed by atoms with van der Waals surface area (Å²) in [5.41, 5.74) is 3.15.